The number of rotatable bonds is 53. The molecule has 3 atom stereocenters. The number of carbonyl (C=O) groups is 2. The van der Waals surface area contributed by atoms with Crippen LogP contribution < -0.4 is 10.2 Å². The van der Waals surface area contributed by atoms with E-state index in [0.29, 0.717) is 17.4 Å². The molecule has 0 aliphatic rings. The standard InChI is InChI=1S/C61H113N2O7P/c1-7-10-13-16-19-22-25-27-29-30-31-32-34-36-39-42-45-48-51-54-61(65)70-59(52-49-46-43-40-37-24-21-18-15-12-9-3)58(57-69-71(66,67)68-56-55-63(4,5)6)62-60(64)53-50-47-44-41-38-35-33-28-26-23-20-17-14-11-8-2/h11,14,17,20,23,26-27,29,49,52,58-59H,7-10,12-13,15-16,18-19,21-22,24-25,28,30-48,50-51,53-57H2,1-6H3,(H-,62,64,66,67)/b14-11+,20-17+,26-23+,29-27+,52-49+. The summed E-state index contributed by atoms with van der Waals surface area (Å²) in [4.78, 5) is 39.9. The smallest absolute Gasteiger partial charge is 0.306 e. The molecular formula is C61H113N2O7P. The molecule has 0 radical (unpaired) electrons. The summed E-state index contributed by atoms with van der Waals surface area (Å²) in [5.74, 6) is -0.555. The lowest BCUT2D eigenvalue weighted by Crippen LogP contribution is -2.47. The Kier molecular flexibility index (Phi) is 49.6. The molecule has 0 aromatic heterocycles. The molecule has 0 aromatic rings. The predicted octanol–water partition coefficient (Wildman–Crippen LogP) is 17.3. The summed E-state index contributed by atoms with van der Waals surface area (Å²) >= 11 is 0. The summed E-state index contributed by atoms with van der Waals surface area (Å²) in [6, 6.07) is -0.895. The maximum Gasteiger partial charge on any atom is 0.306 e. The van der Waals surface area contributed by atoms with Crippen LogP contribution in [-0.2, 0) is 27.9 Å². The van der Waals surface area contributed by atoms with Crippen molar-refractivity contribution in [3.8, 4) is 0 Å². The third-order valence-electron chi connectivity index (χ3n) is 13.0. The van der Waals surface area contributed by atoms with Gasteiger partial charge in [0.25, 0.3) is 7.82 Å². The van der Waals surface area contributed by atoms with Crippen LogP contribution >= 0.6 is 7.82 Å². The first kappa shape index (κ1) is 68.7. The van der Waals surface area contributed by atoms with Crippen molar-refractivity contribution in [2.75, 3.05) is 40.9 Å². The number of quaternary nitrogens is 1. The van der Waals surface area contributed by atoms with Crippen molar-refractivity contribution in [1.82, 2.24) is 5.32 Å². The number of likely N-dealkylation sites (N-methyl/N-ethyl adjacent to an activating group) is 1. The number of phosphoric acid groups is 1. The van der Waals surface area contributed by atoms with Gasteiger partial charge in [-0.1, -0.05) is 236 Å². The summed E-state index contributed by atoms with van der Waals surface area (Å²) in [7, 11) is 1.17. The van der Waals surface area contributed by atoms with Crippen LogP contribution in [0.15, 0.2) is 60.8 Å². The van der Waals surface area contributed by atoms with Crippen molar-refractivity contribution in [2.45, 2.75) is 277 Å². The van der Waals surface area contributed by atoms with E-state index in [1.54, 1.807) is 0 Å². The second kappa shape index (κ2) is 51.2. The van der Waals surface area contributed by atoms with Crippen molar-refractivity contribution in [3.63, 3.8) is 0 Å². The highest BCUT2D eigenvalue weighted by Gasteiger charge is 2.27. The molecule has 0 rings (SSSR count). The fraction of sp³-hybridized carbons (Fsp3) is 0.803. The molecule has 0 aliphatic carbocycles. The first-order valence-corrected chi connectivity index (χ1v) is 31.1. The van der Waals surface area contributed by atoms with Gasteiger partial charge < -0.3 is 28.5 Å². The van der Waals surface area contributed by atoms with Crippen molar-refractivity contribution in [2.24, 2.45) is 0 Å². The van der Waals surface area contributed by atoms with Gasteiger partial charge in [-0.2, -0.15) is 0 Å². The number of amides is 1. The maximum absolute atomic E-state index is 13.5. The molecule has 0 spiro atoms. The van der Waals surface area contributed by atoms with E-state index in [1.807, 2.05) is 33.3 Å². The Morgan fingerprint density at radius 2 is 0.915 bits per heavy atom. The summed E-state index contributed by atoms with van der Waals surface area (Å²) in [5.41, 5.74) is 0. The highest BCUT2D eigenvalue weighted by Crippen LogP contribution is 2.38. The quantitative estimate of drug-likeness (QED) is 0.0161. The number of ether oxygens (including phenoxy) is 1. The van der Waals surface area contributed by atoms with Gasteiger partial charge in [0, 0.05) is 12.8 Å². The number of unbranched alkanes of at least 4 members (excludes halogenated alkanes) is 31. The molecule has 71 heavy (non-hydrogen) atoms. The van der Waals surface area contributed by atoms with Gasteiger partial charge in [0.15, 0.2) is 0 Å². The van der Waals surface area contributed by atoms with Gasteiger partial charge in [0.05, 0.1) is 33.8 Å². The van der Waals surface area contributed by atoms with Crippen LogP contribution in [0.5, 0.6) is 0 Å². The number of hydrogen-bond donors (Lipinski definition) is 1. The molecule has 0 fully saturated rings. The monoisotopic (exact) mass is 1020 g/mol. The largest absolute Gasteiger partial charge is 0.756 e. The normalized spacial score (nSPS) is 14.2. The van der Waals surface area contributed by atoms with E-state index in [4.69, 9.17) is 13.8 Å². The molecule has 0 aromatic carbocycles. The Labute approximate surface area is 439 Å². The molecule has 1 amide bonds. The molecule has 10 heteroatoms. The van der Waals surface area contributed by atoms with Gasteiger partial charge in [0.1, 0.15) is 19.3 Å². The van der Waals surface area contributed by atoms with Crippen molar-refractivity contribution >= 4 is 19.7 Å². The first-order chi connectivity index (χ1) is 34.4. The number of hydrogen-bond acceptors (Lipinski definition) is 7. The average Bonchev–Trinajstić information content (AvgIpc) is 3.33. The molecule has 9 nitrogen and oxygen atoms in total. The van der Waals surface area contributed by atoms with E-state index in [2.05, 4.69) is 74.7 Å². The maximum atomic E-state index is 13.5. The number of esters is 1. The molecular weight excluding hydrogens is 904 g/mol. The van der Waals surface area contributed by atoms with Gasteiger partial charge in [0.2, 0.25) is 5.91 Å². The van der Waals surface area contributed by atoms with Crippen LogP contribution in [0.25, 0.3) is 0 Å². The zero-order valence-electron chi connectivity index (χ0n) is 47.2. The summed E-state index contributed by atoms with van der Waals surface area (Å²) in [6.07, 6.45) is 63.3. The van der Waals surface area contributed by atoms with E-state index in [9.17, 15) is 19.0 Å². The molecule has 414 valence electrons. The summed E-state index contributed by atoms with van der Waals surface area (Å²) < 4.78 is 30.2. The van der Waals surface area contributed by atoms with Crippen molar-refractivity contribution in [1.29, 1.82) is 0 Å². The van der Waals surface area contributed by atoms with Crippen molar-refractivity contribution in [3.05, 3.63) is 60.8 Å². The van der Waals surface area contributed by atoms with Crippen LogP contribution in [0.2, 0.25) is 0 Å². The Hall–Kier alpha value is -2.29. The lowest BCUT2D eigenvalue weighted by atomic mass is 10.0. The van der Waals surface area contributed by atoms with E-state index >= 15 is 0 Å². The van der Waals surface area contributed by atoms with Crippen LogP contribution in [0, 0.1) is 0 Å². The minimum atomic E-state index is -4.70. The van der Waals surface area contributed by atoms with Gasteiger partial charge in [-0.3, -0.25) is 14.2 Å². The molecule has 0 aliphatic heterocycles. The second-order valence-electron chi connectivity index (χ2n) is 21.2. The molecule has 1 N–H and O–H groups in total. The van der Waals surface area contributed by atoms with Crippen LogP contribution in [-0.4, -0.2) is 69.4 Å². The molecule has 0 heterocycles. The Bertz CT molecular complexity index is 1400. The highest BCUT2D eigenvalue weighted by molar-refractivity contribution is 7.45. The molecule has 0 bridgehead atoms. The number of nitrogens with zero attached hydrogens (tertiary/aromatic N) is 1. The number of nitrogens with one attached hydrogen (secondary N) is 1. The highest BCUT2D eigenvalue weighted by atomic mass is 31.2. The van der Waals surface area contributed by atoms with E-state index in [0.717, 1.165) is 77.0 Å². The average molecular weight is 1020 g/mol. The number of phosphoric ester groups is 1. The molecule has 3 unspecified atom stereocenters. The fourth-order valence-corrected chi connectivity index (χ4v) is 9.12. The van der Waals surface area contributed by atoms with Gasteiger partial charge in [-0.05, 0) is 76.7 Å². The molecule has 0 saturated carbocycles. The lowest BCUT2D eigenvalue weighted by Gasteiger charge is -2.30. The Morgan fingerprint density at radius 3 is 1.38 bits per heavy atom. The van der Waals surface area contributed by atoms with Crippen LogP contribution in [0.4, 0.5) is 0 Å². The number of carbonyl (C=O) groups excluding carboxylic acids is 2. The topological polar surface area (TPSA) is 114 Å². The van der Waals surface area contributed by atoms with Crippen LogP contribution in [0.1, 0.15) is 265 Å². The second-order valence-corrected chi connectivity index (χ2v) is 22.6. The van der Waals surface area contributed by atoms with Crippen molar-refractivity contribution < 1.29 is 37.3 Å². The zero-order chi connectivity index (χ0) is 52.2. The van der Waals surface area contributed by atoms with E-state index in [1.165, 1.54) is 154 Å². The Balaban J connectivity index is 5.26. The van der Waals surface area contributed by atoms with E-state index < -0.39 is 26.6 Å². The van der Waals surface area contributed by atoms with Gasteiger partial charge in [-0.25, -0.2) is 0 Å². The predicted molar refractivity (Wildman–Crippen MR) is 302 cm³/mol. The van der Waals surface area contributed by atoms with E-state index in [-0.39, 0.29) is 24.9 Å². The lowest BCUT2D eigenvalue weighted by molar-refractivity contribution is -0.870. The fourth-order valence-electron chi connectivity index (χ4n) is 8.40. The summed E-state index contributed by atoms with van der Waals surface area (Å²) in [6.45, 7) is 6.70. The third kappa shape index (κ3) is 52.4. The molecule has 0 saturated heterocycles. The first-order valence-electron chi connectivity index (χ1n) is 29.6. The van der Waals surface area contributed by atoms with Gasteiger partial charge in [-0.15, -0.1) is 0 Å². The minimum absolute atomic E-state index is 0.0263. The third-order valence-corrected chi connectivity index (χ3v) is 14.0. The Morgan fingerprint density at radius 1 is 0.507 bits per heavy atom. The summed E-state index contributed by atoms with van der Waals surface area (Å²) in [5, 5.41) is 3.01. The number of allylic oxidation sites excluding steroid dienone is 9. The van der Waals surface area contributed by atoms with Crippen LogP contribution in [0.3, 0.4) is 0 Å². The zero-order valence-corrected chi connectivity index (χ0v) is 48.1. The van der Waals surface area contributed by atoms with Gasteiger partial charge >= 0.3 is 5.97 Å². The SMILES string of the molecule is CC/C=C/C=C/C=C/CCCCCCCCCC(=O)NC(COP(=O)([O-])OCC[N+](C)(C)C)C(/C=C/CCCCCCCCCCC)OC(=O)CCCCCCCCCCC/C=C/CCCCCCCC. The minimum Gasteiger partial charge on any atom is -0.756 e.